The van der Waals surface area contributed by atoms with Gasteiger partial charge in [0, 0.05) is 15.2 Å². The van der Waals surface area contributed by atoms with Gasteiger partial charge in [-0.3, -0.25) is 0 Å². The lowest BCUT2D eigenvalue weighted by molar-refractivity contribution is -0.0452. The first-order valence-corrected chi connectivity index (χ1v) is 19.4. The van der Waals surface area contributed by atoms with E-state index < -0.39 is 17.0 Å². The van der Waals surface area contributed by atoms with E-state index in [2.05, 4.69) is 45.2 Å². The third-order valence-electron chi connectivity index (χ3n) is 8.57. The van der Waals surface area contributed by atoms with E-state index in [0.29, 0.717) is 35.5 Å². The van der Waals surface area contributed by atoms with Crippen molar-refractivity contribution in [2.45, 2.75) is 54.4 Å². The number of carbonyl (C=O) groups is 2. The maximum Gasteiger partial charge on any atom is 0.338 e. The molecule has 0 spiro atoms. The SMILES string of the molecule is C=CCc1cc(C(C)(C)c2ccc(OCC(C)(O)COC(=O)c3ccc(SC)cc3)c(CC=C)c2)ccc1OCCOC(=O)c1ccc(SC)cc1. The third kappa shape index (κ3) is 11.0. The third-order valence-corrected chi connectivity index (χ3v) is 10.1. The van der Waals surface area contributed by atoms with Gasteiger partial charge in [0.2, 0.25) is 0 Å². The standard InChI is InChI=1S/C43H48O7S2/c1-8-10-32-26-34(16-22-38(32)47-24-25-48-40(44)30-12-18-36(51-6)19-13-30)42(3,4)35-17-23-39(33(27-35)11-9-2)49-28-43(5,46)29-50-41(45)31-14-20-37(52-7)21-15-31/h8-9,12-23,26-27,46H,1-2,10-11,24-25,28-29H2,3-7H3. The summed E-state index contributed by atoms with van der Waals surface area (Å²) >= 11 is 3.20. The monoisotopic (exact) mass is 740 g/mol. The van der Waals surface area contributed by atoms with Crippen molar-refractivity contribution in [2.24, 2.45) is 0 Å². The molecule has 1 unspecified atom stereocenters. The van der Waals surface area contributed by atoms with Crippen LogP contribution in [0.25, 0.3) is 0 Å². The number of hydrogen-bond acceptors (Lipinski definition) is 9. The molecule has 0 heterocycles. The van der Waals surface area contributed by atoms with Gasteiger partial charge in [0.25, 0.3) is 0 Å². The Morgan fingerprint density at radius 1 is 0.654 bits per heavy atom. The highest BCUT2D eigenvalue weighted by atomic mass is 32.2. The molecule has 9 heteroatoms. The summed E-state index contributed by atoms with van der Waals surface area (Å²) in [5.74, 6) is 0.443. The van der Waals surface area contributed by atoms with Crippen LogP contribution in [0.1, 0.15) is 63.7 Å². The Labute approximate surface area is 316 Å². The van der Waals surface area contributed by atoms with Gasteiger partial charge in [-0.25, -0.2) is 9.59 Å². The van der Waals surface area contributed by atoms with Gasteiger partial charge in [-0.05, 0) is 115 Å². The number of thioether (sulfide) groups is 2. The highest BCUT2D eigenvalue weighted by molar-refractivity contribution is 7.98. The fourth-order valence-electron chi connectivity index (χ4n) is 5.42. The Balaban J connectivity index is 1.40. The Morgan fingerprint density at radius 2 is 1.12 bits per heavy atom. The first-order valence-electron chi connectivity index (χ1n) is 17.0. The molecule has 0 radical (unpaired) electrons. The van der Waals surface area contributed by atoms with Crippen LogP contribution in [0.15, 0.2) is 120 Å². The molecule has 4 rings (SSSR count). The van der Waals surface area contributed by atoms with Crippen LogP contribution in [0, 0.1) is 0 Å². The van der Waals surface area contributed by atoms with Crippen LogP contribution in [0.2, 0.25) is 0 Å². The van der Waals surface area contributed by atoms with E-state index in [9.17, 15) is 14.7 Å². The zero-order chi connectivity index (χ0) is 37.7. The number of allylic oxidation sites excluding steroid dienone is 2. The second-order valence-corrected chi connectivity index (χ2v) is 14.8. The first-order chi connectivity index (χ1) is 24.9. The zero-order valence-corrected chi connectivity index (χ0v) is 32.2. The molecule has 0 aliphatic carbocycles. The number of carbonyl (C=O) groups excluding carboxylic acids is 2. The zero-order valence-electron chi connectivity index (χ0n) is 30.6. The number of ether oxygens (including phenoxy) is 4. The molecule has 0 bridgehead atoms. The van der Waals surface area contributed by atoms with Crippen LogP contribution in [0.3, 0.4) is 0 Å². The molecular weight excluding hydrogens is 693 g/mol. The van der Waals surface area contributed by atoms with Gasteiger partial charge >= 0.3 is 11.9 Å². The highest BCUT2D eigenvalue weighted by Gasteiger charge is 2.28. The summed E-state index contributed by atoms with van der Waals surface area (Å²) in [6.07, 6.45) is 8.77. The Morgan fingerprint density at radius 3 is 1.58 bits per heavy atom. The van der Waals surface area contributed by atoms with E-state index in [1.54, 1.807) is 54.7 Å². The average Bonchev–Trinajstić information content (AvgIpc) is 3.15. The van der Waals surface area contributed by atoms with E-state index in [0.717, 1.165) is 32.0 Å². The fraction of sp³-hybridized carbons (Fsp3) is 0.302. The summed E-state index contributed by atoms with van der Waals surface area (Å²) in [4.78, 5) is 27.1. The second kappa shape index (κ2) is 18.9. The summed E-state index contributed by atoms with van der Waals surface area (Å²) in [5.41, 5.74) is 3.18. The summed E-state index contributed by atoms with van der Waals surface area (Å²) in [7, 11) is 0. The minimum Gasteiger partial charge on any atom is -0.490 e. The van der Waals surface area contributed by atoms with E-state index >= 15 is 0 Å². The molecular formula is C43H48O7S2. The van der Waals surface area contributed by atoms with Gasteiger partial charge in [0.05, 0.1) is 11.1 Å². The molecule has 0 aliphatic rings. The topological polar surface area (TPSA) is 91.3 Å². The molecule has 52 heavy (non-hydrogen) atoms. The highest BCUT2D eigenvalue weighted by Crippen LogP contribution is 2.37. The van der Waals surface area contributed by atoms with Gasteiger partial charge in [0.15, 0.2) is 0 Å². The van der Waals surface area contributed by atoms with Crippen molar-refractivity contribution in [1.29, 1.82) is 0 Å². The predicted octanol–water partition coefficient (Wildman–Crippen LogP) is 9.14. The molecule has 0 amide bonds. The van der Waals surface area contributed by atoms with Crippen molar-refractivity contribution in [3.63, 3.8) is 0 Å². The van der Waals surface area contributed by atoms with E-state index in [1.165, 1.54) is 0 Å². The van der Waals surface area contributed by atoms with Crippen LogP contribution in [-0.2, 0) is 27.7 Å². The molecule has 1 N–H and O–H groups in total. The lowest BCUT2D eigenvalue weighted by atomic mass is 9.76. The van der Waals surface area contributed by atoms with Gasteiger partial charge in [0.1, 0.15) is 43.5 Å². The minimum atomic E-state index is -1.41. The van der Waals surface area contributed by atoms with Crippen molar-refractivity contribution in [3.05, 3.63) is 144 Å². The van der Waals surface area contributed by atoms with Gasteiger partial charge < -0.3 is 24.1 Å². The average molecular weight is 741 g/mol. The Kier molecular flexibility index (Phi) is 14.6. The van der Waals surface area contributed by atoms with Gasteiger partial charge in [-0.1, -0.05) is 50.3 Å². The molecule has 0 saturated carbocycles. The van der Waals surface area contributed by atoms with Crippen molar-refractivity contribution >= 4 is 35.5 Å². The predicted molar refractivity (Wildman–Crippen MR) is 211 cm³/mol. The summed E-state index contributed by atoms with van der Waals surface area (Å²) < 4.78 is 23.0. The number of aliphatic hydroxyl groups is 1. The summed E-state index contributed by atoms with van der Waals surface area (Å²) in [5, 5.41) is 11.0. The van der Waals surface area contributed by atoms with E-state index in [4.69, 9.17) is 18.9 Å². The fourth-order valence-corrected chi connectivity index (χ4v) is 6.23. The van der Waals surface area contributed by atoms with E-state index in [1.807, 2.05) is 67.1 Å². The van der Waals surface area contributed by atoms with Crippen LogP contribution >= 0.6 is 23.5 Å². The van der Waals surface area contributed by atoms with Crippen molar-refractivity contribution in [1.82, 2.24) is 0 Å². The number of benzene rings is 4. The lowest BCUT2D eigenvalue weighted by Gasteiger charge is -2.29. The number of esters is 2. The maximum atomic E-state index is 12.6. The molecule has 0 aromatic heterocycles. The maximum absolute atomic E-state index is 12.6. The normalized spacial score (nSPS) is 12.3. The van der Waals surface area contributed by atoms with Crippen LogP contribution in [0.5, 0.6) is 11.5 Å². The first kappa shape index (κ1) is 40.3. The van der Waals surface area contributed by atoms with Gasteiger partial charge in [-0.2, -0.15) is 0 Å². The number of hydrogen-bond donors (Lipinski definition) is 1. The largest absolute Gasteiger partial charge is 0.490 e. The second-order valence-electron chi connectivity index (χ2n) is 13.1. The van der Waals surface area contributed by atoms with Gasteiger partial charge in [-0.15, -0.1) is 36.7 Å². The molecule has 274 valence electrons. The quantitative estimate of drug-likeness (QED) is 0.0438. The lowest BCUT2D eigenvalue weighted by Crippen LogP contribution is -2.38. The Hall–Kier alpha value is -4.44. The molecule has 4 aromatic carbocycles. The molecule has 0 aliphatic heterocycles. The van der Waals surface area contributed by atoms with Crippen LogP contribution in [-0.4, -0.2) is 61.6 Å². The molecule has 0 saturated heterocycles. The molecule has 7 nitrogen and oxygen atoms in total. The van der Waals surface area contributed by atoms with Crippen molar-refractivity contribution < 1.29 is 33.6 Å². The van der Waals surface area contributed by atoms with Crippen molar-refractivity contribution in [3.8, 4) is 11.5 Å². The summed E-state index contributed by atoms with van der Waals surface area (Å²) in [6.45, 7) is 13.8. The summed E-state index contributed by atoms with van der Waals surface area (Å²) in [6, 6.07) is 26.6. The van der Waals surface area contributed by atoms with Crippen LogP contribution < -0.4 is 9.47 Å². The smallest absolute Gasteiger partial charge is 0.338 e. The molecule has 0 fully saturated rings. The van der Waals surface area contributed by atoms with Crippen molar-refractivity contribution in [2.75, 3.05) is 38.9 Å². The Bertz CT molecular complexity index is 1830. The minimum absolute atomic E-state index is 0.0740. The van der Waals surface area contributed by atoms with E-state index in [-0.39, 0.29) is 32.4 Å². The molecule has 4 aromatic rings. The van der Waals surface area contributed by atoms with Crippen LogP contribution in [0.4, 0.5) is 0 Å². The molecule has 1 atom stereocenters. The number of rotatable bonds is 19.